The van der Waals surface area contributed by atoms with Crippen LogP contribution in [0.15, 0.2) is 97.1 Å². The minimum absolute atomic E-state index is 0.255. The standard InChI is InChI=1S/C26H19ClO3/c27-19-14-15-23(25(16-19)30-17-18-8-2-1-3-9-18)21-11-5-4-10-20(21)22-12-6-7-13-24(22)26(28)29/h1-16H,17H2,(H,28,29). The Morgan fingerprint density at radius 3 is 2.03 bits per heavy atom. The van der Waals surface area contributed by atoms with Crippen molar-refractivity contribution in [3.05, 3.63) is 113 Å². The molecule has 0 atom stereocenters. The topological polar surface area (TPSA) is 46.5 Å². The number of halogens is 1. The molecule has 30 heavy (non-hydrogen) atoms. The van der Waals surface area contributed by atoms with Gasteiger partial charge in [0.25, 0.3) is 0 Å². The van der Waals surface area contributed by atoms with Gasteiger partial charge in [-0.3, -0.25) is 0 Å². The quantitative estimate of drug-likeness (QED) is 0.371. The summed E-state index contributed by atoms with van der Waals surface area (Å²) in [7, 11) is 0. The maximum atomic E-state index is 11.8. The normalized spacial score (nSPS) is 10.6. The van der Waals surface area contributed by atoms with Gasteiger partial charge in [0.1, 0.15) is 12.4 Å². The molecule has 0 spiro atoms. The molecule has 0 saturated heterocycles. The van der Waals surface area contributed by atoms with Crippen molar-refractivity contribution in [1.29, 1.82) is 0 Å². The molecule has 148 valence electrons. The van der Waals surface area contributed by atoms with Crippen LogP contribution in [0, 0.1) is 0 Å². The molecule has 0 aromatic heterocycles. The summed E-state index contributed by atoms with van der Waals surface area (Å²) in [6.45, 7) is 0.405. The molecule has 0 heterocycles. The van der Waals surface area contributed by atoms with E-state index in [-0.39, 0.29) is 5.56 Å². The van der Waals surface area contributed by atoms with E-state index in [4.69, 9.17) is 16.3 Å². The summed E-state index contributed by atoms with van der Waals surface area (Å²) in [6, 6.07) is 30.1. The van der Waals surface area contributed by atoms with Gasteiger partial charge in [-0.1, -0.05) is 84.4 Å². The SMILES string of the molecule is O=C(O)c1ccccc1-c1ccccc1-c1ccc(Cl)cc1OCc1ccccc1. The molecule has 1 N–H and O–H groups in total. The lowest BCUT2D eigenvalue weighted by atomic mass is 9.91. The number of hydrogen-bond acceptors (Lipinski definition) is 2. The van der Waals surface area contributed by atoms with Gasteiger partial charge >= 0.3 is 5.97 Å². The van der Waals surface area contributed by atoms with E-state index < -0.39 is 5.97 Å². The molecule has 0 radical (unpaired) electrons. The van der Waals surface area contributed by atoms with Crippen LogP contribution in [-0.4, -0.2) is 11.1 Å². The molecule has 3 nitrogen and oxygen atoms in total. The van der Waals surface area contributed by atoms with Gasteiger partial charge in [-0.2, -0.15) is 0 Å². The van der Waals surface area contributed by atoms with Crippen molar-refractivity contribution in [2.75, 3.05) is 0 Å². The number of carboxylic acids is 1. The molecule has 4 aromatic carbocycles. The third kappa shape index (κ3) is 4.22. The van der Waals surface area contributed by atoms with Crippen molar-refractivity contribution in [3.63, 3.8) is 0 Å². The molecular formula is C26H19ClO3. The Morgan fingerprint density at radius 1 is 0.733 bits per heavy atom. The summed E-state index contributed by atoms with van der Waals surface area (Å²) in [4.78, 5) is 11.8. The van der Waals surface area contributed by atoms with Gasteiger partial charge in [-0.15, -0.1) is 0 Å². The Kier molecular flexibility index (Phi) is 5.82. The van der Waals surface area contributed by atoms with Gasteiger partial charge in [0.15, 0.2) is 0 Å². The molecule has 0 aliphatic heterocycles. The predicted octanol–water partition coefficient (Wildman–Crippen LogP) is 6.95. The molecule has 4 rings (SSSR count). The van der Waals surface area contributed by atoms with Crippen LogP contribution in [0.25, 0.3) is 22.3 Å². The second kappa shape index (κ2) is 8.85. The summed E-state index contributed by atoms with van der Waals surface area (Å²) in [5.41, 5.74) is 4.52. The van der Waals surface area contributed by atoms with Crippen molar-refractivity contribution in [2.24, 2.45) is 0 Å². The molecule has 4 heteroatoms. The first-order valence-electron chi connectivity index (χ1n) is 9.52. The van der Waals surface area contributed by atoms with Gasteiger partial charge < -0.3 is 9.84 Å². The van der Waals surface area contributed by atoms with Crippen molar-refractivity contribution in [1.82, 2.24) is 0 Å². The van der Waals surface area contributed by atoms with Crippen molar-refractivity contribution >= 4 is 17.6 Å². The van der Waals surface area contributed by atoms with Crippen LogP contribution in [-0.2, 0) is 6.61 Å². The molecular weight excluding hydrogens is 396 g/mol. The van der Waals surface area contributed by atoms with Gasteiger partial charge in [0.05, 0.1) is 5.56 Å². The Hall–Kier alpha value is -3.56. The summed E-state index contributed by atoms with van der Waals surface area (Å²) in [5.74, 6) is -0.316. The number of carboxylic acid groups (broad SMARTS) is 1. The zero-order chi connectivity index (χ0) is 20.9. The van der Waals surface area contributed by atoms with Crippen molar-refractivity contribution in [3.8, 4) is 28.0 Å². The molecule has 0 aliphatic carbocycles. The maximum absolute atomic E-state index is 11.8. The van der Waals surface area contributed by atoms with E-state index in [2.05, 4.69) is 0 Å². The van der Waals surface area contributed by atoms with Crippen molar-refractivity contribution < 1.29 is 14.6 Å². The number of ether oxygens (including phenoxy) is 1. The zero-order valence-corrected chi connectivity index (χ0v) is 16.8. The Labute approximate surface area is 180 Å². The predicted molar refractivity (Wildman–Crippen MR) is 120 cm³/mol. The van der Waals surface area contributed by atoms with Gasteiger partial charge in [-0.25, -0.2) is 4.79 Å². The lowest BCUT2D eigenvalue weighted by molar-refractivity contribution is 0.0697. The van der Waals surface area contributed by atoms with E-state index >= 15 is 0 Å². The molecule has 0 aliphatic rings. The fourth-order valence-electron chi connectivity index (χ4n) is 3.43. The van der Waals surface area contributed by atoms with E-state index in [1.165, 1.54) is 0 Å². The number of benzene rings is 4. The van der Waals surface area contributed by atoms with Gasteiger partial charge in [-0.05, 0) is 46.5 Å². The average Bonchev–Trinajstić information content (AvgIpc) is 2.78. The summed E-state index contributed by atoms with van der Waals surface area (Å²) in [6.07, 6.45) is 0. The first-order chi connectivity index (χ1) is 14.6. The monoisotopic (exact) mass is 414 g/mol. The number of rotatable bonds is 6. The summed E-state index contributed by atoms with van der Waals surface area (Å²) in [5, 5.41) is 10.2. The van der Waals surface area contributed by atoms with E-state index in [1.807, 2.05) is 78.9 Å². The summed E-state index contributed by atoms with van der Waals surface area (Å²) < 4.78 is 6.13. The highest BCUT2D eigenvalue weighted by Gasteiger charge is 2.17. The molecule has 0 fully saturated rings. The van der Waals surface area contributed by atoms with Gasteiger partial charge in [0, 0.05) is 10.6 Å². The minimum Gasteiger partial charge on any atom is -0.488 e. The first-order valence-corrected chi connectivity index (χ1v) is 9.89. The smallest absolute Gasteiger partial charge is 0.336 e. The Bertz CT molecular complexity index is 1190. The highest BCUT2D eigenvalue weighted by atomic mass is 35.5. The molecule has 0 saturated carbocycles. The first kappa shape index (κ1) is 19.7. The van der Waals surface area contributed by atoms with Crippen LogP contribution in [0.3, 0.4) is 0 Å². The number of carbonyl (C=O) groups is 1. The number of aromatic carboxylic acids is 1. The van der Waals surface area contributed by atoms with Crippen molar-refractivity contribution in [2.45, 2.75) is 6.61 Å². The fourth-order valence-corrected chi connectivity index (χ4v) is 3.59. The lowest BCUT2D eigenvalue weighted by Crippen LogP contribution is -2.01. The minimum atomic E-state index is -0.961. The third-order valence-corrected chi connectivity index (χ3v) is 5.08. The van der Waals surface area contributed by atoms with Crippen LogP contribution < -0.4 is 4.74 Å². The maximum Gasteiger partial charge on any atom is 0.336 e. The van der Waals surface area contributed by atoms with E-state index in [1.54, 1.807) is 18.2 Å². The zero-order valence-electron chi connectivity index (χ0n) is 16.1. The fraction of sp³-hybridized carbons (Fsp3) is 0.0385. The third-order valence-electron chi connectivity index (χ3n) is 4.85. The highest BCUT2D eigenvalue weighted by Crippen LogP contribution is 2.39. The van der Waals surface area contributed by atoms with E-state index in [9.17, 15) is 9.90 Å². The average molecular weight is 415 g/mol. The Morgan fingerprint density at radius 2 is 1.33 bits per heavy atom. The number of hydrogen-bond donors (Lipinski definition) is 1. The van der Waals surface area contributed by atoms with E-state index in [0.29, 0.717) is 22.9 Å². The highest BCUT2D eigenvalue weighted by molar-refractivity contribution is 6.30. The Balaban J connectivity index is 1.80. The molecule has 4 aromatic rings. The largest absolute Gasteiger partial charge is 0.488 e. The van der Waals surface area contributed by atoms with Crippen LogP contribution in [0.4, 0.5) is 0 Å². The molecule has 0 bridgehead atoms. The molecule has 0 amide bonds. The van der Waals surface area contributed by atoms with Gasteiger partial charge in [0.2, 0.25) is 0 Å². The van der Waals surface area contributed by atoms with Crippen LogP contribution >= 0.6 is 11.6 Å². The second-order valence-electron chi connectivity index (χ2n) is 6.81. The second-order valence-corrected chi connectivity index (χ2v) is 7.25. The lowest BCUT2D eigenvalue weighted by Gasteiger charge is -2.16. The summed E-state index contributed by atoms with van der Waals surface area (Å²) >= 11 is 6.25. The van der Waals surface area contributed by atoms with Crippen LogP contribution in [0.5, 0.6) is 5.75 Å². The van der Waals surface area contributed by atoms with E-state index in [0.717, 1.165) is 22.3 Å². The molecule has 0 unspecified atom stereocenters. The van der Waals surface area contributed by atoms with Crippen LogP contribution in [0.2, 0.25) is 5.02 Å². The van der Waals surface area contributed by atoms with Crippen LogP contribution in [0.1, 0.15) is 15.9 Å².